The SMILES string of the molecule is COCC1CC(CC2CCS(=O)(=O)CC2)CN1. The van der Waals surface area contributed by atoms with Crippen molar-refractivity contribution < 1.29 is 13.2 Å². The third-order valence-electron chi connectivity index (χ3n) is 4.02. The molecule has 5 heteroatoms. The van der Waals surface area contributed by atoms with Crippen LogP contribution in [0.1, 0.15) is 25.7 Å². The Morgan fingerprint density at radius 3 is 2.59 bits per heavy atom. The van der Waals surface area contributed by atoms with Crippen molar-refractivity contribution in [2.75, 3.05) is 31.8 Å². The van der Waals surface area contributed by atoms with Crippen LogP contribution in [0.15, 0.2) is 0 Å². The zero-order valence-corrected chi connectivity index (χ0v) is 11.3. The molecule has 2 aliphatic rings. The van der Waals surface area contributed by atoms with E-state index >= 15 is 0 Å². The molecule has 100 valence electrons. The summed E-state index contributed by atoms with van der Waals surface area (Å²) < 4.78 is 27.8. The standard InChI is InChI=1S/C12H23NO3S/c1-16-9-12-7-11(8-13-12)6-10-2-4-17(14,15)5-3-10/h10-13H,2-9H2,1H3. The average molecular weight is 261 g/mol. The summed E-state index contributed by atoms with van der Waals surface area (Å²) >= 11 is 0. The van der Waals surface area contributed by atoms with Gasteiger partial charge in [-0.15, -0.1) is 0 Å². The van der Waals surface area contributed by atoms with E-state index in [0.29, 0.717) is 29.4 Å². The summed E-state index contributed by atoms with van der Waals surface area (Å²) in [5, 5.41) is 3.47. The van der Waals surface area contributed by atoms with E-state index in [1.54, 1.807) is 7.11 Å². The van der Waals surface area contributed by atoms with Crippen LogP contribution in [0.4, 0.5) is 0 Å². The maximum atomic E-state index is 11.3. The fourth-order valence-electron chi connectivity index (χ4n) is 3.06. The van der Waals surface area contributed by atoms with Crippen molar-refractivity contribution in [1.29, 1.82) is 0 Å². The first-order chi connectivity index (χ1) is 8.09. The molecule has 4 nitrogen and oxygen atoms in total. The maximum Gasteiger partial charge on any atom is 0.150 e. The molecule has 17 heavy (non-hydrogen) atoms. The minimum absolute atomic E-state index is 0.402. The molecule has 0 bridgehead atoms. The second kappa shape index (κ2) is 5.67. The van der Waals surface area contributed by atoms with Gasteiger partial charge in [0, 0.05) is 13.2 Å². The summed E-state index contributed by atoms with van der Waals surface area (Å²) in [6.07, 6.45) is 4.10. The number of rotatable bonds is 4. The van der Waals surface area contributed by atoms with Crippen molar-refractivity contribution in [3.63, 3.8) is 0 Å². The van der Waals surface area contributed by atoms with E-state index in [-0.39, 0.29) is 0 Å². The predicted octanol–water partition coefficient (Wildman–Crippen LogP) is 0.826. The third-order valence-corrected chi connectivity index (χ3v) is 5.74. The van der Waals surface area contributed by atoms with E-state index in [4.69, 9.17) is 4.74 Å². The quantitative estimate of drug-likeness (QED) is 0.814. The first kappa shape index (κ1) is 13.3. The van der Waals surface area contributed by atoms with Crippen LogP contribution < -0.4 is 5.32 Å². The molecule has 0 radical (unpaired) electrons. The molecular formula is C12H23NO3S. The number of ether oxygens (including phenoxy) is 1. The topological polar surface area (TPSA) is 55.4 Å². The normalized spacial score (nSPS) is 33.9. The molecule has 0 aromatic heterocycles. The summed E-state index contributed by atoms with van der Waals surface area (Å²) in [6.45, 7) is 1.85. The van der Waals surface area contributed by atoms with Crippen LogP contribution in [-0.4, -0.2) is 46.2 Å². The van der Waals surface area contributed by atoms with E-state index in [0.717, 1.165) is 26.0 Å². The lowest BCUT2D eigenvalue weighted by atomic mass is 9.89. The van der Waals surface area contributed by atoms with Crippen LogP contribution in [0.25, 0.3) is 0 Å². The van der Waals surface area contributed by atoms with Crippen LogP contribution in [0.3, 0.4) is 0 Å². The van der Waals surface area contributed by atoms with Gasteiger partial charge in [0.1, 0.15) is 9.84 Å². The molecule has 1 N–H and O–H groups in total. The van der Waals surface area contributed by atoms with E-state index in [1.165, 1.54) is 12.8 Å². The lowest BCUT2D eigenvalue weighted by molar-refractivity contribution is 0.171. The van der Waals surface area contributed by atoms with Gasteiger partial charge in [0.2, 0.25) is 0 Å². The molecule has 2 rings (SSSR count). The average Bonchev–Trinajstić information content (AvgIpc) is 2.70. The molecule has 0 spiro atoms. The molecule has 0 amide bonds. The molecule has 2 aliphatic heterocycles. The van der Waals surface area contributed by atoms with Gasteiger partial charge in [-0.3, -0.25) is 0 Å². The number of sulfone groups is 1. The minimum atomic E-state index is -2.70. The molecule has 0 saturated carbocycles. The Hall–Kier alpha value is -0.130. The highest BCUT2D eigenvalue weighted by Crippen LogP contribution is 2.29. The van der Waals surface area contributed by atoms with Crippen LogP contribution in [0.5, 0.6) is 0 Å². The lowest BCUT2D eigenvalue weighted by Crippen LogP contribution is -2.26. The molecule has 2 atom stereocenters. The largest absolute Gasteiger partial charge is 0.383 e. The summed E-state index contributed by atoms with van der Waals surface area (Å²) in [6, 6.07) is 0.498. The number of methoxy groups -OCH3 is 1. The van der Waals surface area contributed by atoms with Gasteiger partial charge < -0.3 is 10.1 Å². The number of hydrogen-bond acceptors (Lipinski definition) is 4. The van der Waals surface area contributed by atoms with Crippen molar-refractivity contribution in [3.05, 3.63) is 0 Å². The monoisotopic (exact) mass is 261 g/mol. The third kappa shape index (κ3) is 3.93. The van der Waals surface area contributed by atoms with Gasteiger partial charge in [-0.2, -0.15) is 0 Å². The Balaban J connectivity index is 1.72. The van der Waals surface area contributed by atoms with Crippen LogP contribution in [-0.2, 0) is 14.6 Å². The Morgan fingerprint density at radius 2 is 1.94 bits per heavy atom. The second-order valence-corrected chi connectivity index (χ2v) is 7.80. The molecular weight excluding hydrogens is 238 g/mol. The summed E-state index contributed by atoms with van der Waals surface area (Å²) in [5.74, 6) is 2.13. The van der Waals surface area contributed by atoms with Gasteiger partial charge in [0.15, 0.2) is 0 Å². The molecule has 2 unspecified atom stereocenters. The van der Waals surface area contributed by atoms with Gasteiger partial charge in [0.25, 0.3) is 0 Å². The minimum Gasteiger partial charge on any atom is -0.383 e. The van der Waals surface area contributed by atoms with Crippen LogP contribution >= 0.6 is 0 Å². The number of nitrogens with one attached hydrogen (secondary N) is 1. The first-order valence-electron chi connectivity index (χ1n) is 6.52. The zero-order valence-electron chi connectivity index (χ0n) is 10.5. The summed E-state index contributed by atoms with van der Waals surface area (Å²) in [5.41, 5.74) is 0. The van der Waals surface area contributed by atoms with E-state index in [2.05, 4.69) is 5.32 Å². The molecule has 2 saturated heterocycles. The van der Waals surface area contributed by atoms with Crippen molar-refractivity contribution in [1.82, 2.24) is 5.32 Å². The fourth-order valence-corrected chi connectivity index (χ4v) is 4.65. The molecule has 0 aromatic rings. The summed E-state index contributed by atoms with van der Waals surface area (Å²) in [4.78, 5) is 0. The van der Waals surface area contributed by atoms with E-state index in [9.17, 15) is 8.42 Å². The van der Waals surface area contributed by atoms with Gasteiger partial charge >= 0.3 is 0 Å². The van der Waals surface area contributed by atoms with Crippen molar-refractivity contribution in [3.8, 4) is 0 Å². The van der Waals surface area contributed by atoms with Gasteiger partial charge in [-0.05, 0) is 44.1 Å². The molecule has 2 heterocycles. The van der Waals surface area contributed by atoms with Gasteiger partial charge in [0.05, 0.1) is 18.1 Å². The van der Waals surface area contributed by atoms with E-state index in [1.807, 2.05) is 0 Å². The van der Waals surface area contributed by atoms with Crippen molar-refractivity contribution in [2.45, 2.75) is 31.7 Å². The highest BCUT2D eigenvalue weighted by Gasteiger charge is 2.29. The smallest absolute Gasteiger partial charge is 0.150 e. The van der Waals surface area contributed by atoms with Crippen molar-refractivity contribution >= 4 is 9.84 Å². The van der Waals surface area contributed by atoms with Crippen LogP contribution in [0.2, 0.25) is 0 Å². The number of hydrogen-bond donors (Lipinski definition) is 1. The lowest BCUT2D eigenvalue weighted by Gasteiger charge is -2.24. The molecule has 0 aliphatic carbocycles. The molecule has 2 fully saturated rings. The Labute approximate surface area is 104 Å². The predicted molar refractivity (Wildman–Crippen MR) is 67.8 cm³/mol. The molecule has 0 aromatic carbocycles. The fraction of sp³-hybridized carbons (Fsp3) is 1.00. The van der Waals surface area contributed by atoms with E-state index < -0.39 is 9.84 Å². The van der Waals surface area contributed by atoms with Crippen molar-refractivity contribution in [2.24, 2.45) is 11.8 Å². The zero-order chi connectivity index (χ0) is 12.3. The van der Waals surface area contributed by atoms with Gasteiger partial charge in [-0.25, -0.2) is 8.42 Å². The highest BCUT2D eigenvalue weighted by molar-refractivity contribution is 7.91. The Bertz CT molecular complexity index is 328. The Morgan fingerprint density at radius 1 is 1.24 bits per heavy atom. The second-order valence-electron chi connectivity index (χ2n) is 5.49. The van der Waals surface area contributed by atoms with Crippen LogP contribution in [0, 0.1) is 11.8 Å². The summed E-state index contributed by atoms with van der Waals surface area (Å²) in [7, 11) is -0.967. The Kier molecular flexibility index (Phi) is 4.44. The highest BCUT2D eigenvalue weighted by atomic mass is 32.2. The maximum absolute atomic E-state index is 11.3. The first-order valence-corrected chi connectivity index (χ1v) is 8.34. The van der Waals surface area contributed by atoms with Gasteiger partial charge in [-0.1, -0.05) is 0 Å².